The molecule has 0 aliphatic carbocycles. The van der Waals surface area contributed by atoms with Crippen molar-refractivity contribution in [2.24, 2.45) is 0 Å². The summed E-state index contributed by atoms with van der Waals surface area (Å²) in [5.41, 5.74) is 3.72. The maximum absolute atomic E-state index is 10.9. The Morgan fingerprint density at radius 3 is 2.50 bits per heavy atom. The van der Waals surface area contributed by atoms with Crippen molar-refractivity contribution >= 4 is 5.78 Å². The third-order valence-corrected chi connectivity index (χ3v) is 2.83. The average Bonchev–Trinajstić information content (AvgIpc) is 2.22. The normalized spacial score (nSPS) is 10.2. The van der Waals surface area contributed by atoms with Gasteiger partial charge in [0.25, 0.3) is 0 Å². The van der Waals surface area contributed by atoms with Crippen molar-refractivity contribution in [3.63, 3.8) is 0 Å². The molecule has 0 N–H and O–H groups in total. The molecule has 0 radical (unpaired) electrons. The molecule has 16 heavy (non-hydrogen) atoms. The minimum atomic E-state index is 0.267. The van der Waals surface area contributed by atoms with Crippen molar-refractivity contribution in [3.8, 4) is 5.75 Å². The average molecular weight is 220 g/mol. The van der Waals surface area contributed by atoms with Crippen LogP contribution >= 0.6 is 0 Å². The Morgan fingerprint density at radius 2 is 1.94 bits per heavy atom. The van der Waals surface area contributed by atoms with E-state index in [1.54, 1.807) is 14.0 Å². The number of aryl methyl sites for hydroxylation is 3. The number of ketones is 1. The number of methoxy groups -OCH3 is 1. The molecule has 0 saturated heterocycles. The first-order valence-electron chi connectivity index (χ1n) is 5.68. The first-order chi connectivity index (χ1) is 7.54. The van der Waals surface area contributed by atoms with Gasteiger partial charge >= 0.3 is 0 Å². The summed E-state index contributed by atoms with van der Waals surface area (Å²) in [6.07, 6.45) is 2.57. The topological polar surface area (TPSA) is 26.3 Å². The summed E-state index contributed by atoms with van der Waals surface area (Å²) in [6.45, 7) is 5.78. The van der Waals surface area contributed by atoms with Gasteiger partial charge in [-0.05, 0) is 56.4 Å². The lowest BCUT2D eigenvalue weighted by Gasteiger charge is -2.10. The van der Waals surface area contributed by atoms with Crippen LogP contribution < -0.4 is 4.74 Å². The minimum Gasteiger partial charge on any atom is -0.496 e. The Balaban J connectivity index is 2.73. The van der Waals surface area contributed by atoms with Crippen molar-refractivity contribution in [2.45, 2.75) is 40.0 Å². The van der Waals surface area contributed by atoms with E-state index in [4.69, 9.17) is 4.74 Å². The van der Waals surface area contributed by atoms with E-state index in [9.17, 15) is 4.79 Å². The Kier molecular flexibility index (Phi) is 4.53. The number of Topliss-reactive ketones (excluding diaryl/α,β-unsaturated/α-hetero) is 1. The molecule has 1 aromatic carbocycles. The van der Waals surface area contributed by atoms with E-state index in [1.807, 2.05) is 6.92 Å². The SMILES string of the molecule is COc1cc(C)c(CCCC(C)=O)cc1C. The third-order valence-electron chi connectivity index (χ3n) is 2.83. The second kappa shape index (κ2) is 5.69. The van der Waals surface area contributed by atoms with Crippen LogP contribution in [0.3, 0.4) is 0 Å². The summed E-state index contributed by atoms with van der Waals surface area (Å²) in [6, 6.07) is 4.23. The maximum Gasteiger partial charge on any atom is 0.129 e. The first kappa shape index (κ1) is 12.8. The van der Waals surface area contributed by atoms with Crippen molar-refractivity contribution in [1.82, 2.24) is 0 Å². The number of benzene rings is 1. The fraction of sp³-hybridized carbons (Fsp3) is 0.500. The summed E-state index contributed by atoms with van der Waals surface area (Å²) in [5, 5.41) is 0. The molecule has 0 fully saturated rings. The standard InChI is InChI=1S/C14H20O2/c1-10-9-14(16-4)11(2)8-13(10)7-5-6-12(3)15/h8-9H,5-7H2,1-4H3. The van der Waals surface area contributed by atoms with Gasteiger partial charge in [-0.25, -0.2) is 0 Å². The molecule has 0 aliphatic heterocycles. The van der Waals surface area contributed by atoms with E-state index in [0.29, 0.717) is 6.42 Å². The quantitative estimate of drug-likeness (QED) is 0.761. The second-order valence-electron chi connectivity index (χ2n) is 4.30. The third kappa shape index (κ3) is 3.37. The van der Waals surface area contributed by atoms with Crippen LogP contribution in [0.4, 0.5) is 0 Å². The van der Waals surface area contributed by atoms with Gasteiger partial charge in [-0.2, -0.15) is 0 Å². The van der Waals surface area contributed by atoms with Crippen LogP contribution in [0.2, 0.25) is 0 Å². The van der Waals surface area contributed by atoms with Crippen LogP contribution in [0, 0.1) is 13.8 Å². The van der Waals surface area contributed by atoms with E-state index in [1.165, 1.54) is 11.1 Å². The molecule has 0 spiro atoms. The smallest absolute Gasteiger partial charge is 0.129 e. The summed E-state index contributed by atoms with van der Waals surface area (Å²) in [5.74, 6) is 1.20. The zero-order chi connectivity index (χ0) is 12.1. The molecule has 0 unspecified atom stereocenters. The summed E-state index contributed by atoms with van der Waals surface area (Å²) < 4.78 is 5.27. The van der Waals surface area contributed by atoms with Crippen LogP contribution in [0.5, 0.6) is 5.75 Å². The Hall–Kier alpha value is -1.31. The Labute approximate surface area is 97.6 Å². The molecule has 0 aromatic heterocycles. The minimum absolute atomic E-state index is 0.267. The number of carbonyl (C=O) groups is 1. The highest BCUT2D eigenvalue weighted by Crippen LogP contribution is 2.23. The van der Waals surface area contributed by atoms with Crippen LogP contribution in [0.1, 0.15) is 36.5 Å². The molecule has 0 heterocycles. The van der Waals surface area contributed by atoms with Gasteiger partial charge in [0, 0.05) is 6.42 Å². The fourth-order valence-electron chi connectivity index (χ4n) is 1.87. The molecule has 1 rings (SSSR count). The number of hydrogen-bond acceptors (Lipinski definition) is 2. The molecule has 2 nitrogen and oxygen atoms in total. The zero-order valence-electron chi connectivity index (χ0n) is 10.6. The molecule has 1 aromatic rings. The van der Waals surface area contributed by atoms with Gasteiger partial charge in [0.2, 0.25) is 0 Å². The number of ether oxygens (including phenoxy) is 1. The molecular weight excluding hydrogens is 200 g/mol. The van der Waals surface area contributed by atoms with Gasteiger partial charge in [0.1, 0.15) is 11.5 Å². The molecule has 0 aliphatic rings. The van der Waals surface area contributed by atoms with Crippen LogP contribution in [0.15, 0.2) is 12.1 Å². The Morgan fingerprint density at radius 1 is 1.25 bits per heavy atom. The monoisotopic (exact) mass is 220 g/mol. The van der Waals surface area contributed by atoms with Gasteiger partial charge < -0.3 is 9.53 Å². The Bertz CT molecular complexity index is 381. The molecule has 0 atom stereocenters. The number of carbonyl (C=O) groups excluding carboxylic acids is 1. The molecule has 0 amide bonds. The zero-order valence-corrected chi connectivity index (χ0v) is 10.6. The van der Waals surface area contributed by atoms with Crippen LogP contribution in [-0.4, -0.2) is 12.9 Å². The lowest BCUT2D eigenvalue weighted by molar-refractivity contribution is -0.117. The molecular formula is C14H20O2. The van der Waals surface area contributed by atoms with Gasteiger partial charge in [-0.3, -0.25) is 0 Å². The van der Waals surface area contributed by atoms with E-state index in [-0.39, 0.29) is 5.78 Å². The van der Waals surface area contributed by atoms with Crippen molar-refractivity contribution < 1.29 is 9.53 Å². The van der Waals surface area contributed by atoms with E-state index < -0.39 is 0 Å². The van der Waals surface area contributed by atoms with E-state index >= 15 is 0 Å². The van der Waals surface area contributed by atoms with Crippen LogP contribution in [-0.2, 0) is 11.2 Å². The maximum atomic E-state index is 10.9. The number of hydrogen-bond donors (Lipinski definition) is 0. The highest BCUT2D eigenvalue weighted by molar-refractivity contribution is 5.75. The van der Waals surface area contributed by atoms with Crippen molar-refractivity contribution in [2.75, 3.05) is 7.11 Å². The second-order valence-corrected chi connectivity index (χ2v) is 4.30. The summed E-state index contributed by atoms with van der Waals surface area (Å²) in [4.78, 5) is 10.9. The molecule has 2 heteroatoms. The predicted molar refractivity (Wildman–Crippen MR) is 66.1 cm³/mol. The highest BCUT2D eigenvalue weighted by Gasteiger charge is 2.05. The fourth-order valence-corrected chi connectivity index (χ4v) is 1.87. The largest absolute Gasteiger partial charge is 0.496 e. The van der Waals surface area contributed by atoms with Crippen molar-refractivity contribution in [1.29, 1.82) is 0 Å². The number of rotatable bonds is 5. The summed E-state index contributed by atoms with van der Waals surface area (Å²) in [7, 11) is 1.69. The lowest BCUT2D eigenvalue weighted by Crippen LogP contribution is -1.97. The summed E-state index contributed by atoms with van der Waals surface area (Å²) >= 11 is 0. The van der Waals surface area contributed by atoms with Crippen LogP contribution in [0.25, 0.3) is 0 Å². The van der Waals surface area contributed by atoms with Gasteiger partial charge in [0.05, 0.1) is 7.11 Å². The van der Waals surface area contributed by atoms with Gasteiger partial charge in [0.15, 0.2) is 0 Å². The molecule has 0 saturated carbocycles. The molecule has 88 valence electrons. The van der Waals surface area contributed by atoms with Crippen molar-refractivity contribution in [3.05, 3.63) is 28.8 Å². The first-order valence-corrected chi connectivity index (χ1v) is 5.68. The molecule has 0 bridgehead atoms. The highest BCUT2D eigenvalue weighted by atomic mass is 16.5. The van der Waals surface area contributed by atoms with E-state index in [0.717, 1.165) is 24.2 Å². The van der Waals surface area contributed by atoms with Gasteiger partial charge in [-0.1, -0.05) is 6.07 Å². The predicted octanol–water partition coefficient (Wildman–Crippen LogP) is 3.22. The lowest BCUT2D eigenvalue weighted by atomic mass is 9.99. The van der Waals surface area contributed by atoms with Gasteiger partial charge in [-0.15, -0.1) is 0 Å². The van der Waals surface area contributed by atoms with E-state index in [2.05, 4.69) is 19.1 Å².